The molecular weight excluding hydrogens is 404 g/mol. The van der Waals surface area contributed by atoms with Gasteiger partial charge in [-0.15, -0.1) is 0 Å². The Bertz CT molecular complexity index is 953. The van der Waals surface area contributed by atoms with E-state index in [0.29, 0.717) is 24.6 Å². The molecule has 1 atom stereocenters. The zero-order valence-electron chi connectivity index (χ0n) is 19.2. The second-order valence-corrected chi connectivity index (χ2v) is 17.8. The van der Waals surface area contributed by atoms with Gasteiger partial charge in [0.1, 0.15) is 16.3 Å². The van der Waals surface area contributed by atoms with E-state index in [4.69, 9.17) is 9.16 Å². The number of sulfone groups is 1. The third-order valence-electron chi connectivity index (χ3n) is 5.61. The molecule has 0 radical (unpaired) electrons. The van der Waals surface area contributed by atoms with Gasteiger partial charge in [0.05, 0.1) is 11.4 Å². The molecule has 0 aromatic carbocycles. The summed E-state index contributed by atoms with van der Waals surface area (Å²) in [6.45, 7) is 19.2. The molecule has 2 aromatic rings. The quantitative estimate of drug-likeness (QED) is 0.570. The lowest BCUT2D eigenvalue weighted by molar-refractivity contribution is 0.175. The van der Waals surface area contributed by atoms with Crippen molar-refractivity contribution < 1.29 is 17.6 Å². The topological polar surface area (TPSA) is 69.9 Å². The summed E-state index contributed by atoms with van der Waals surface area (Å²) in [5, 5.41) is 0.146. The van der Waals surface area contributed by atoms with Crippen LogP contribution in [-0.4, -0.2) is 44.1 Å². The van der Waals surface area contributed by atoms with Crippen molar-refractivity contribution in [3.8, 4) is 5.75 Å². The van der Waals surface area contributed by atoms with Crippen LogP contribution in [0.15, 0.2) is 29.6 Å². The number of pyridine rings is 1. The van der Waals surface area contributed by atoms with Crippen LogP contribution in [-0.2, 0) is 14.3 Å². The predicted molar refractivity (Wildman–Crippen MR) is 120 cm³/mol. The molecule has 6 nitrogen and oxygen atoms in total. The van der Waals surface area contributed by atoms with Gasteiger partial charge in [0.15, 0.2) is 18.2 Å². The molecule has 0 aliphatic heterocycles. The summed E-state index contributed by atoms with van der Waals surface area (Å²) < 4.78 is 39.3. The number of nitrogens with zero attached hydrogens (tertiary/aromatic N) is 2. The number of rotatable bonds is 7. The van der Waals surface area contributed by atoms with Crippen LogP contribution in [0.4, 0.5) is 0 Å². The third kappa shape index (κ3) is 5.21. The zero-order chi connectivity index (χ0) is 22.3. The molecule has 0 fully saturated rings. The summed E-state index contributed by atoms with van der Waals surface area (Å²) in [5.41, 5.74) is 0.651. The van der Waals surface area contributed by atoms with E-state index >= 15 is 0 Å². The summed E-state index contributed by atoms with van der Waals surface area (Å²) in [6, 6.07) is 1.69. The maximum Gasteiger partial charge on any atom is 0.191 e. The SMILES string of the molecule is C[C@H](COc1cc2nccn2cc1S(=O)(=O)C(C)(C)C)CO[Si](C)(C)C(C)(C)C. The average molecular weight is 441 g/mol. The van der Waals surface area contributed by atoms with Gasteiger partial charge < -0.3 is 13.6 Å². The van der Waals surface area contributed by atoms with E-state index in [2.05, 4.69) is 45.8 Å². The molecule has 0 saturated heterocycles. The summed E-state index contributed by atoms with van der Waals surface area (Å²) in [4.78, 5) is 4.44. The average Bonchev–Trinajstić information content (AvgIpc) is 3.02. The first-order chi connectivity index (χ1) is 13.1. The predicted octanol–water partition coefficient (Wildman–Crippen LogP) is 4.94. The van der Waals surface area contributed by atoms with Gasteiger partial charge in [0.2, 0.25) is 0 Å². The highest BCUT2D eigenvalue weighted by Gasteiger charge is 2.37. The molecule has 0 saturated carbocycles. The molecule has 2 aromatic heterocycles. The summed E-state index contributed by atoms with van der Waals surface area (Å²) in [5.74, 6) is 0.475. The first kappa shape index (κ1) is 23.9. The Hall–Kier alpha value is -1.38. The van der Waals surface area contributed by atoms with Gasteiger partial charge in [0, 0.05) is 37.2 Å². The Kier molecular flexibility index (Phi) is 6.62. The van der Waals surface area contributed by atoms with Gasteiger partial charge >= 0.3 is 0 Å². The van der Waals surface area contributed by atoms with E-state index < -0.39 is 22.9 Å². The van der Waals surface area contributed by atoms with Crippen LogP contribution in [0.25, 0.3) is 5.65 Å². The Morgan fingerprint density at radius 2 is 1.76 bits per heavy atom. The second-order valence-electron chi connectivity index (χ2n) is 10.3. The first-order valence-corrected chi connectivity index (χ1v) is 14.4. The van der Waals surface area contributed by atoms with Crippen LogP contribution in [0.5, 0.6) is 5.75 Å². The Morgan fingerprint density at radius 3 is 2.31 bits per heavy atom. The van der Waals surface area contributed by atoms with Gasteiger partial charge in [-0.2, -0.15) is 0 Å². The van der Waals surface area contributed by atoms with E-state index in [-0.39, 0.29) is 15.9 Å². The Labute approximate surface area is 176 Å². The Morgan fingerprint density at radius 1 is 1.14 bits per heavy atom. The minimum absolute atomic E-state index is 0.130. The van der Waals surface area contributed by atoms with Crippen molar-refractivity contribution in [3.63, 3.8) is 0 Å². The van der Waals surface area contributed by atoms with Crippen LogP contribution in [0.2, 0.25) is 18.1 Å². The fourth-order valence-corrected chi connectivity index (χ4v) is 4.84. The standard InChI is InChI=1S/C21H36N2O4SSi/c1-16(15-27-29(8,9)21(5,6)7)14-26-17-12-19-22-10-11-23(19)13-18(17)28(24,25)20(2,3)4/h10-13,16H,14-15H2,1-9H3/t16-/m1/s1. The molecule has 2 rings (SSSR count). The third-order valence-corrected chi connectivity index (χ3v) is 12.6. The number of aromatic nitrogens is 2. The molecule has 0 N–H and O–H groups in total. The van der Waals surface area contributed by atoms with E-state index in [1.165, 1.54) is 0 Å². The lowest BCUT2D eigenvalue weighted by Gasteiger charge is -2.37. The van der Waals surface area contributed by atoms with Crippen molar-refractivity contribution in [2.24, 2.45) is 5.92 Å². The van der Waals surface area contributed by atoms with Gasteiger partial charge in [0.25, 0.3) is 0 Å². The lowest BCUT2D eigenvalue weighted by Crippen LogP contribution is -2.42. The minimum atomic E-state index is -3.58. The van der Waals surface area contributed by atoms with Crippen LogP contribution in [0.1, 0.15) is 48.5 Å². The van der Waals surface area contributed by atoms with E-state index in [9.17, 15) is 8.42 Å². The number of hydrogen-bond acceptors (Lipinski definition) is 5. The molecule has 8 heteroatoms. The van der Waals surface area contributed by atoms with Crippen molar-refractivity contribution in [1.82, 2.24) is 9.38 Å². The van der Waals surface area contributed by atoms with Crippen LogP contribution >= 0.6 is 0 Å². The molecule has 2 heterocycles. The van der Waals surface area contributed by atoms with E-state index in [1.807, 2.05) is 0 Å². The maximum atomic E-state index is 13.1. The maximum absolute atomic E-state index is 13.1. The van der Waals surface area contributed by atoms with Gasteiger partial charge in [-0.3, -0.25) is 0 Å². The van der Waals surface area contributed by atoms with Crippen molar-refractivity contribution in [3.05, 3.63) is 24.7 Å². The molecular formula is C21H36N2O4SSi. The largest absolute Gasteiger partial charge is 0.492 e. The van der Waals surface area contributed by atoms with Gasteiger partial charge in [-0.25, -0.2) is 13.4 Å². The molecule has 0 bridgehead atoms. The Balaban J connectivity index is 2.22. The molecule has 29 heavy (non-hydrogen) atoms. The number of hydrogen-bond donors (Lipinski definition) is 0. The highest BCUT2D eigenvalue weighted by molar-refractivity contribution is 7.92. The smallest absolute Gasteiger partial charge is 0.191 e. The lowest BCUT2D eigenvalue weighted by atomic mass is 10.2. The molecule has 0 amide bonds. The van der Waals surface area contributed by atoms with Crippen molar-refractivity contribution in [1.29, 1.82) is 0 Å². The molecule has 164 valence electrons. The van der Waals surface area contributed by atoms with E-state index in [1.54, 1.807) is 49.8 Å². The molecule has 0 aliphatic carbocycles. The highest BCUT2D eigenvalue weighted by atomic mass is 32.2. The number of fused-ring (bicyclic) bond motifs is 1. The zero-order valence-corrected chi connectivity index (χ0v) is 21.1. The van der Waals surface area contributed by atoms with E-state index in [0.717, 1.165) is 0 Å². The molecule has 0 spiro atoms. The van der Waals surface area contributed by atoms with Crippen LogP contribution in [0.3, 0.4) is 0 Å². The van der Waals surface area contributed by atoms with Crippen LogP contribution in [0, 0.1) is 5.92 Å². The fourth-order valence-electron chi connectivity index (χ4n) is 2.42. The van der Waals surface area contributed by atoms with Gasteiger partial charge in [-0.05, 0) is 38.9 Å². The normalized spacial score (nSPS) is 14.9. The number of ether oxygens (including phenoxy) is 1. The van der Waals surface area contributed by atoms with Crippen molar-refractivity contribution in [2.75, 3.05) is 13.2 Å². The summed E-state index contributed by atoms with van der Waals surface area (Å²) in [7, 11) is -5.41. The second kappa shape index (κ2) is 8.04. The first-order valence-electron chi connectivity index (χ1n) is 10.0. The summed E-state index contributed by atoms with van der Waals surface area (Å²) >= 11 is 0. The van der Waals surface area contributed by atoms with Gasteiger partial charge in [-0.1, -0.05) is 27.7 Å². The summed E-state index contributed by atoms with van der Waals surface area (Å²) in [6.07, 6.45) is 4.97. The minimum Gasteiger partial charge on any atom is -0.492 e. The van der Waals surface area contributed by atoms with Crippen molar-refractivity contribution >= 4 is 23.8 Å². The van der Waals surface area contributed by atoms with Crippen molar-refractivity contribution in [2.45, 2.75) is 76.2 Å². The molecule has 0 aliphatic rings. The number of imidazole rings is 1. The molecule has 0 unspecified atom stereocenters. The fraction of sp³-hybridized carbons (Fsp3) is 0.667. The van der Waals surface area contributed by atoms with Crippen LogP contribution < -0.4 is 4.74 Å². The monoisotopic (exact) mass is 440 g/mol. The highest BCUT2D eigenvalue weighted by Crippen LogP contribution is 2.37.